The van der Waals surface area contributed by atoms with Crippen LogP contribution in [0, 0.1) is 0 Å². The predicted octanol–water partition coefficient (Wildman–Crippen LogP) is -0.248. The Morgan fingerprint density at radius 1 is 1.20 bits per heavy atom. The van der Waals surface area contributed by atoms with E-state index >= 15 is 0 Å². The number of aliphatic hydroxyl groups is 3. The molecule has 0 spiro atoms. The minimum Gasteiger partial charge on any atom is -0.394 e. The molecule has 0 radical (unpaired) electrons. The first-order valence-corrected chi connectivity index (χ1v) is 4.68. The molecule has 0 saturated carbocycles. The first kappa shape index (κ1) is 12.4. The van der Waals surface area contributed by atoms with E-state index in [-0.39, 0.29) is 21.8 Å². The monoisotopic (exact) mass is 253 g/mol. The van der Waals surface area contributed by atoms with Crippen LogP contribution in [0.1, 0.15) is 11.7 Å². The van der Waals surface area contributed by atoms with Crippen molar-refractivity contribution >= 4 is 29.2 Å². The second kappa shape index (κ2) is 4.91. The van der Waals surface area contributed by atoms with Crippen molar-refractivity contribution < 1.29 is 15.3 Å². The van der Waals surface area contributed by atoms with Crippen molar-refractivity contribution in [2.45, 2.75) is 12.2 Å². The summed E-state index contributed by atoms with van der Waals surface area (Å²) in [6.45, 7) is -0.641. The number of rotatable bonds is 3. The summed E-state index contributed by atoms with van der Waals surface area (Å²) in [5.41, 5.74) is 5.19. The third kappa shape index (κ3) is 2.67. The standard InChI is InChI=1S/C7H9Cl2N3O3/c8-5-3(4(15)2(14)1-13)6(9)12-7(10)11-5/h2,4,13-15H,1H2,(H2,10,11,12). The zero-order chi connectivity index (χ0) is 11.6. The molecule has 0 fully saturated rings. The Balaban J connectivity index is 3.13. The van der Waals surface area contributed by atoms with Gasteiger partial charge >= 0.3 is 0 Å². The van der Waals surface area contributed by atoms with Gasteiger partial charge in [-0.2, -0.15) is 0 Å². The maximum absolute atomic E-state index is 9.54. The molecule has 0 aromatic carbocycles. The van der Waals surface area contributed by atoms with Gasteiger partial charge in [-0.3, -0.25) is 0 Å². The van der Waals surface area contributed by atoms with Crippen molar-refractivity contribution in [3.8, 4) is 0 Å². The fourth-order valence-corrected chi connectivity index (χ4v) is 1.59. The molecular weight excluding hydrogens is 245 g/mol. The van der Waals surface area contributed by atoms with E-state index in [1.165, 1.54) is 0 Å². The van der Waals surface area contributed by atoms with Crippen LogP contribution in [0.15, 0.2) is 0 Å². The molecule has 84 valence electrons. The van der Waals surface area contributed by atoms with Crippen molar-refractivity contribution in [3.05, 3.63) is 15.9 Å². The number of halogens is 2. The van der Waals surface area contributed by atoms with Crippen LogP contribution in [0.5, 0.6) is 0 Å². The smallest absolute Gasteiger partial charge is 0.222 e. The van der Waals surface area contributed by atoms with Gasteiger partial charge in [-0.05, 0) is 0 Å². The fourth-order valence-electron chi connectivity index (χ4n) is 0.968. The van der Waals surface area contributed by atoms with E-state index < -0.39 is 18.8 Å². The van der Waals surface area contributed by atoms with Gasteiger partial charge in [-0.25, -0.2) is 9.97 Å². The first-order valence-electron chi connectivity index (χ1n) is 3.92. The largest absolute Gasteiger partial charge is 0.394 e. The Labute approximate surface area is 95.3 Å². The predicted molar refractivity (Wildman–Crippen MR) is 54.5 cm³/mol. The van der Waals surface area contributed by atoms with Crippen LogP contribution in [0.3, 0.4) is 0 Å². The van der Waals surface area contributed by atoms with Gasteiger partial charge in [0.2, 0.25) is 5.95 Å². The molecule has 5 N–H and O–H groups in total. The van der Waals surface area contributed by atoms with Crippen LogP contribution in [0.2, 0.25) is 10.3 Å². The quantitative estimate of drug-likeness (QED) is 0.553. The zero-order valence-corrected chi connectivity index (χ0v) is 8.94. The van der Waals surface area contributed by atoms with Gasteiger partial charge in [0.1, 0.15) is 22.5 Å². The van der Waals surface area contributed by atoms with Crippen LogP contribution in [0.4, 0.5) is 5.95 Å². The number of anilines is 1. The van der Waals surface area contributed by atoms with Crippen LogP contribution >= 0.6 is 23.2 Å². The average Bonchev–Trinajstić information content (AvgIpc) is 2.14. The summed E-state index contributed by atoms with van der Waals surface area (Å²) in [6, 6.07) is 0. The van der Waals surface area contributed by atoms with Crippen LogP contribution < -0.4 is 5.73 Å². The SMILES string of the molecule is Nc1nc(Cl)c(C(O)C(O)CO)c(Cl)n1. The first-order chi connectivity index (χ1) is 6.97. The van der Waals surface area contributed by atoms with Gasteiger partial charge in [-0.15, -0.1) is 0 Å². The highest BCUT2D eigenvalue weighted by molar-refractivity contribution is 6.34. The average molecular weight is 254 g/mol. The van der Waals surface area contributed by atoms with Crippen molar-refractivity contribution in [3.63, 3.8) is 0 Å². The van der Waals surface area contributed by atoms with Crippen LogP contribution in [-0.4, -0.2) is 38.0 Å². The Hall–Kier alpha value is -0.660. The lowest BCUT2D eigenvalue weighted by atomic mass is 10.1. The van der Waals surface area contributed by atoms with E-state index in [0.717, 1.165) is 0 Å². The summed E-state index contributed by atoms with van der Waals surface area (Å²) in [6.07, 6.45) is -2.87. The Bertz CT molecular complexity index is 340. The number of nitrogen functional groups attached to an aromatic ring is 1. The second-order valence-corrected chi connectivity index (χ2v) is 3.49. The maximum Gasteiger partial charge on any atom is 0.222 e. The van der Waals surface area contributed by atoms with Gasteiger partial charge in [-0.1, -0.05) is 23.2 Å². The van der Waals surface area contributed by atoms with Gasteiger partial charge < -0.3 is 21.1 Å². The molecule has 0 aliphatic rings. The Morgan fingerprint density at radius 3 is 2.07 bits per heavy atom. The lowest BCUT2D eigenvalue weighted by Gasteiger charge is -2.17. The van der Waals surface area contributed by atoms with E-state index in [4.69, 9.17) is 34.0 Å². The molecule has 0 aliphatic carbocycles. The molecule has 15 heavy (non-hydrogen) atoms. The molecule has 1 rings (SSSR count). The highest BCUT2D eigenvalue weighted by Crippen LogP contribution is 2.29. The molecule has 1 heterocycles. The number of aliphatic hydroxyl groups excluding tert-OH is 3. The van der Waals surface area contributed by atoms with Crippen molar-refractivity contribution in [1.82, 2.24) is 9.97 Å². The van der Waals surface area contributed by atoms with Gasteiger partial charge in [0.25, 0.3) is 0 Å². The summed E-state index contributed by atoms with van der Waals surface area (Å²) in [7, 11) is 0. The summed E-state index contributed by atoms with van der Waals surface area (Å²) >= 11 is 11.3. The van der Waals surface area contributed by atoms with E-state index in [9.17, 15) is 10.2 Å². The summed E-state index contributed by atoms with van der Waals surface area (Å²) in [4.78, 5) is 7.13. The van der Waals surface area contributed by atoms with E-state index in [1.807, 2.05) is 0 Å². The minimum atomic E-state index is -1.46. The van der Waals surface area contributed by atoms with Crippen LogP contribution in [-0.2, 0) is 0 Å². The molecular formula is C7H9Cl2N3O3. The summed E-state index contributed by atoms with van der Waals surface area (Å²) in [5, 5.41) is 27.1. The fraction of sp³-hybridized carbons (Fsp3) is 0.429. The van der Waals surface area contributed by atoms with Gasteiger partial charge in [0.15, 0.2) is 0 Å². The van der Waals surface area contributed by atoms with Crippen molar-refractivity contribution in [2.75, 3.05) is 12.3 Å². The molecule has 0 bridgehead atoms. The lowest BCUT2D eigenvalue weighted by Crippen LogP contribution is -2.23. The number of aromatic nitrogens is 2. The molecule has 2 unspecified atom stereocenters. The Morgan fingerprint density at radius 2 is 1.67 bits per heavy atom. The number of hydrogen-bond donors (Lipinski definition) is 4. The molecule has 0 saturated heterocycles. The zero-order valence-electron chi connectivity index (χ0n) is 7.43. The normalized spacial score (nSPS) is 15.0. The van der Waals surface area contributed by atoms with Crippen molar-refractivity contribution in [1.29, 1.82) is 0 Å². The number of hydrogen-bond acceptors (Lipinski definition) is 6. The third-order valence-electron chi connectivity index (χ3n) is 1.72. The van der Waals surface area contributed by atoms with Crippen molar-refractivity contribution in [2.24, 2.45) is 0 Å². The molecule has 1 aromatic heterocycles. The molecule has 1 aromatic rings. The molecule has 6 nitrogen and oxygen atoms in total. The van der Waals surface area contributed by atoms with E-state index in [1.54, 1.807) is 0 Å². The molecule has 2 atom stereocenters. The maximum atomic E-state index is 9.54. The highest BCUT2D eigenvalue weighted by Gasteiger charge is 2.24. The molecule has 0 aliphatic heterocycles. The Kier molecular flexibility index (Phi) is 4.06. The second-order valence-electron chi connectivity index (χ2n) is 2.77. The van der Waals surface area contributed by atoms with E-state index in [2.05, 4.69) is 9.97 Å². The number of nitrogens with two attached hydrogens (primary N) is 1. The minimum absolute atomic E-state index is 0.0610. The highest BCUT2D eigenvalue weighted by atomic mass is 35.5. The summed E-state index contributed by atoms with van der Waals surface area (Å²) < 4.78 is 0. The summed E-state index contributed by atoms with van der Waals surface area (Å²) in [5.74, 6) is -0.139. The molecule has 0 amide bonds. The topological polar surface area (TPSA) is 112 Å². The van der Waals surface area contributed by atoms with Gasteiger partial charge in [0, 0.05) is 0 Å². The van der Waals surface area contributed by atoms with Gasteiger partial charge in [0.05, 0.1) is 12.2 Å². The number of nitrogens with zero attached hydrogens (tertiary/aromatic N) is 2. The van der Waals surface area contributed by atoms with Crippen LogP contribution in [0.25, 0.3) is 0 Å². The van der Waals surface area contributed by atoms with E-state index in [0.29, 0.717) is 0 Å². The lowest BCUT2D eigenvalue weighted by molar-refractivity contribution is -0.0154. The third-order valence-corrected chi connectivity index (χ3v) is 2.29. The molecule has 8 heteroatoms.